The average molecular weight is 264 g/mol. The highest BCUT2D eigenvalue weighted by molar-refractivity contribution is 5.25. The number of aliphatic hydroxyl groups is 1. The lowest BCUT2D eigenvalue weighted by Crippen LogP contribution is -2.14. The van der Waals surface area contributed by atoms with Gasteiger partial charge in [-0.1, -0.05) is 24.3 Å². The van der Waals surface area contributed by atoms with E-state index in [0.29, 0.717) is 18.9 Å². The fourth-order valence-corrected chi connectivity index (χ4v) is 3.19. The van der Waals surface area contributed by atoms with Crippen LogP contribution in [0.2, 0.25) is 0 Å². The Hall–Kier alpha value is -0.890. The van der Waals surface area contributed by atoms with Gasteiger partial charge in [0.2, 0.25) is 0 Å². The molecule has 1 nitrogen and oxygen atoms in total. The van der Waals surface area contributed by atoms with E-state index in [0.717, 1.165) is 18.8 Å². The summed E-state index contributed by atoms with van der Waals surface area (Å²) in [5.74, 6) is 1.41. The lowest BCUT2D eigenvalue weighted by atomic mass is 9.77. The molecule has 1 aliphatic rings. The van der Waals surface area contributed by atoms with Gasteiger partial charge in [0.25, 0.3) is 0 Å². The van der Waals surface area contributed by atoms with Crippen molar-refractivity contribution in [2.24, 2.45) is 5.92 Å². The van der Waals surface area contributed by atoms with E-state index in [2.05, 4.69) is 24.3 Å². The number of rotatable bonds is 6. The second kappa shape index (κ2) is 7.64. The van der Waals surface area contributed by atoms with Gasteiger partial charge in [0.1, 0.15) is 0 Å². The van der Waals surface area contributed by atoms with E-state index in [4.69, 9.17) is 5.11 Å². The van der Waals surface area contributed by atoms with E-state index < -0.39 is 0 Å². The van der Waals surface area contributed by atoms with Crippen molar-refractivity contribution < 1.29 is 9.50 Å². The first-order valence-electron chi connectivity index (χ1n) is 7.59. The minimum Gasteiger partial charge on any atom is -0.396 e. The highest BCUT2D eigenvalue weighted by atomic mass is 19.1. The third kappa shape index (κ3) is 4.31. The maximum Gasteiger partial charge on any atom is 0.0897 e. The smallest absolute Gasteiger partial charge is 0.0897 e. The van der Waals surface area contributed by atoms with Crippen LogP contribution in [-0.4, -0.2) is 18.4 Å². The molecule has 0 radical (unpaired) electrons. The predicted molar refractivity (Wildman–Crippen MR) is 77.1 cm³/mol. The van der Waals surface area contributed by atoms with Crippen LogP contribution in [0.3, 0.4) is 0 Å². The fourth-order valence-electron chi connectivity index (χ4n) is 3.19. The summed E-state index contributed by atoms with van der Waals surface area (Å²) >= 11 is 0. The van der Waals surface area contributed by atoms with Crippen LogP contribution in [0.15, 0.2) is 24.3 Å². The van der Waals surface area contributed by atoms with Crippen molar-refractivity contribution in [1.29, 1.82) is 0 Å². The number of alkyl halides is 1. The van der Waals surface area contributed by atoms with E-state index >= 15 is 0 Å². The molecule has 1 saturated carbocycles. The van der Waals surface area contributed by atoms with Gasteiger partial charge in [0.15, 0.2) is 0 Å². The molecule has 106 valence electrons. The first-order valence-corrected chi connectivity index (χ1v) is 7.59. The lowest BCUT2D eigenvalue weighted by Gasteiger charge is -2.28. The number of aliphatic hydroxyl groups excluding tert-OH is 1. The van der Waals surface area contributed by atoms with Crippen molar-refractivity contribution in [3.8, 4) is 0 Å². The topological polar surface area (TPSA) is 20.2 Å². The highest BCUT2D eigenvalue weighted by Crippen LogP contribution is 2.36. The Kier molecular flexibility index (Phi) is 5.84. The zero-order valence-corrected chi connectivity index (χ0v) is 11.7. The predicted octanol–water partition coefficient (Wildman–Crippen LogP) is 4.24. The minimum atomic E-state index is -0.226. The van der Waals surface area contributed by atoms with Gasteiger partial charge in [-0.25, -0.2) is 0 Å². The molecule has 0 amide bonds. The Morgan fingerprint density at radius 3 is 2.32 bits per heavy atom. The zero-order chi connectivity index (χ0) is 13.5. The summed E-state index contributed by atoms with van der Waals surface area (Å²) in [6.45, 7) is 0.106. The van der Waals surface area contributed by atoms with E-state index in [1.54, 1.807) is 0 Å². The molecule has 0 unspecified atom stereocenters. The molecule has 2 rings (SSSR count). The normalized spacial score (nSPS) is 23.5. The monoisotopic (exact) mass is 264 g/mol. The molecule has 1 aliphatic carbocycles. The van der Waals surface area contributed by atoms with Gasteiger partial charge in [-0.15, -0.1) is 0 Å². The van der Waals surface area contributed by atoms with Crippen molar-refractivity contribution in [3.05, 3.63) is 35.4 Å². The molecule has 1 aromatic carbocycles. The highest BCUT2D eigenvalue weighted by Gasteiger charge is 2.21. The number of hydrogen-bond acceptors (Lipinski definition) is 1. The first kappa shape index (κ1) is 14.5. The SMILES string of the molecule is OCCC1CCC(c2ccc(CCCF)cc2)CC1. The average Bonchev–Trinajstić information content (AvgIpc) is 2.47. The maximum atomic E-state index is 12.1. The van der Waals surface area contributed by atoms with Crippen LogP contribution in [0, 0.1) is 5.92 Å². The van der Waals surface area contributed by atoms with Gasteiger partial charge in [-0.05, 0) is 67.9 Å². The quantitative estimate of drug-likeness (QED) is 0.814. The second-order valence-electron chi connectivity index (χ2n) is 5.76. The standard InChI is InChI=1S/C17H25FO/c18-12-1-2-14-3-7-16(8-4-14)17-9-5-15(6-10-17)11-13-19/h3-4,7-8,15,17,19H,1-2,5-6,9-13H2. The maximum absolute atomic E-state index is 12.1. The molecular weight excluding hydrogens is 239 g/mol. The molecule has 2 heteroatoms. The summed E-state index contributed by atoms with van der Waals surface area (Å²) in [5, 5.41) is 8.98. The molecule has 0 atom stereocenters. The molecular formula is C17H25FO. The van der Waals surface area contributed by atoms with Crippen molar-refractivity contribution >= 4 is 0 Å². The van der Waals surface area contributed by atoms with Crippen molar-refractivity contribution in [1.82, 2.24) is 0 Å². The first-order chi connectivity index (χ1) is 9.33. The molecule has 0 saturated heterocycles. The Labute approximate surface area is 115 Å². The van der Waals surface area contributed by atoms with Crippen LogP contribution in [-0.2, 0) is 6.42 Å². The second-order valence-corrected chi connectivity index (χ2v) is 5.76. The molecule has 1 fully saturated rings. The van der Waals surface area contributed by atoms with E-state index in [9.17, 15) is 4.39 Å². The summed E-state index contributed by atoms with van der Waals surface area (Å²) in [6, 6.07) is 8.77. The molecule has 19 heavy (non-hydrogen) atoms. The number of aryl methyl sites for hydroxylation is 1. The zero-order valence-electron chi connectivity index (χ0n) is 11.7. The van der Waals surface area contributed by atoms with Crippen LogP contribution < -0.4 is 0 Å². The Morgan fingerprint density at radius 1 is 1.05 bits per heavy atom. The number of hydrogen-bond donors (Lipinski definition) is 1. The van der Waals surface area contributed by atoms with E-state index in [1.807, 2.05) is 0 Å². The van der Waals surface area contributed by atoms with Crippen LogP contribution in [0.1, 0.15) is 55.6 Å². The van der Waals surface area contributed by atoms with Crippen molar-refractivity contribution in [3.63, 3.8) is 0 Å². The van der Waals surface area contributed by atoms with Crippen LogP contribution >= 0.6 is 0 Å². The van der Waals surface area contributed by atoms with Gasteiger partial charge in [-0.2, -0.15) is 0 Å². The lowest BCUT2D eigenvalue weighted by molar-refractivity contribution is 0.222. The third-order valence-electron chi connectivity index (χ3n) is 4.43. The van der Waals surface area contributed by atoms with Crippen LogP contribution in [0.4, 0.5) is 4.39 Å². The van der Waals surface area contributed by atoms with Crippen LogP contribution in [0.25, 0.3) is 0 Å². The van der Waals surface area contributed by atoms with Gasteiger partial charge < -0.3 is 5.11 Å². The molecule has 0 aliphatic heterocycles. The summed E-state index contributed by atoms with van der Waals surface area (Å²) in [7, 11) is 0. The van der Waals surface area contributed by atoms with Crippen molar-refractivity contribution in [2.45, 2.75) is 50.9 Å². The van der Waals surface area contributed by atoms with E-state index in [-0.39, 0.29) is 6.67 Å². The Bertz CT molecular complexity index is 352. The van der Waals surface area contributed by atoms with Gasteiger partial charge in [0, 0.05) is 6.61 Å². The minimum absolute atomic E-state index is 0.226. The third-order valence-corrected chi connectivity index (χ3v) is 4.43. The summed E-state index contributed by atoms with van der Waals surface area (Å²) in [4.78, 5) is 0. The Balaban J connectivity index is 1.85. The van der Waals surface area contributed by atoms with Crippen LogP contribution in [0.5, 0.6) is 0 Å². The summed E-state index contributed by atoms with van der Waals surface area (Å²) in [6.07, 6.45) is 7.42. The largest absolute Gasteiger partial charge is 0.396 e. The summed E-state index contributed by atoms with van der Waals surface area (Å²) in [5.41, 5.74) is 2.68. The fraction of sp³-hybridized carbons (Fsp3) is 0.647. The van der Waals surface area contributed by atoms with Gasteiger partial charge in [0.05, 0.1) is 6.67 Å². The summed E-state index contributed by atoms with van der Waals surface area (Å²) < 4.78 is 12.1. The number of benzene rings is 1. The molecule has 1 aromatic rings. The molecule has 1 N–H and O–H groups in total. The Morgan fingerprint density at radius 2 is 1.74 bits per heavy atom. The van der Waals surface area contributed by atoms with Gasteiger partial charge in [-0.3, -0.25) is 4.39 Å². The number of halogens is 1. The molecule has 0 aromatic heterocycles. The molecule has 0 heterocycles. The van der Waals surface area contributed by atoms with Gasteiger partial charge >= 0.3 is 0 Å². The molecule has 0 spiro atoms. The van der Waals surface area contributed by atoms with E-state index in [1.165, 1.54) is 36.8 Å². The van der Waals surface area contributed by atoms with Crippen molar-refractivity contribution in [2.75, 3.05) is 13.3 Å². The molecule has 0 bridgehead atoms.